The highest BCUT2D eigenvalue weighted by Gasteiger charge is 2.12. The molecule has 0 heterocycles. The lowest BCUT2D eigenvalue weighted by Crippen LogP contribution is -1.87. The van der Waals surface area contributed by atoms with Crippen LogP contribution < -0.4 is 0 Å². The lowest BCUT2D eigenvalue weighted by molar-refractivity contribution is 1.65. The molecular weight excluding hydrogens is 408 g/mol. The second-order valence-electron chi connectivity index (χ2n) is 9.00. The van der Waals surface area contributed by atoms with Crippen molar-refractivity contribution >= 4 is 43.1 Å². The summed E-state index contributed by atoms with van der Waals surface area (Å²) in [6, 6.07) is 48.6. The summed E-state index contributed by atoms with van der Waals surface area (Å²) >= 11 is 0. The molecule has 0 radical (unpaired) electrons. The molecule has 0 aliphatic rings. The molecule has 0 heteroatoms. The zero-order chi connectivity index (χ0) is 22.5. The number of rotatable bonds is 2. The summed E-state index contributed by atoms with van der Waals surface area (Å²) < 4.78 is 0. The minimum absolute atomic E-state index is 1.25. The standard InChI is InChI=1S/C34H22/c1-2-8-23(9-3-1)26-18-19-30-27(21-26)16-17-29-22-33(31-12-6-7-13-32(31)34(29)30)28-15-14-24-10-4-5-11-25(24)20-28/h1-22H. The Morgan fingerprint density at radius 3 is 1.82 bits per heavy atom. The third-order valence-electron chi connectivity index (χ3n) is 7.01. The molecule has 7 rings (SSSR count). The van der Waals surface area contributed by atoms with Gasteiger partial charge in [-0.15, -0.1) is 0 Å². The molecule has 0 bridgehead atoms. The number of hydrogen-bond donors (Lipinski definition) is 0. The lowest BCUT2D eigenvalue weighted by atomic mass is 9.89. The van der Waals surface area contributed by atoms with Gasteiger partial charge in [-0.3, -0.25) is 0 Å². The fourth-order valence-corrected chi connectivity index (χ4v) is 5.34. The summed E-state index contributed by atoms with van der Waals surface area (Å²) in [5.74, 6) is 0. The molecule has 0 saturated heterocycles. The van der Waals surface area contributed by atoms with Crippen LogP contribution in [0.15, 0.2) is 133 Å². The first kappa shape index (κ1) is 19.1. The Balaban J connectivity index is 1.51. The molecule has 0 aliphatic carbocycles. The molecular formula is C34H22. The van der Waals surface area contributed by atoms with Crippen molar-refractivity contribution in [1.29, 1.82) is 0 Å². The average molecular weight is 431 g/mol. The van der Waals surface area contributed by atoms with Gasteiger partial charge in [-0.05, 0) is 83.5 Å². The van der Waals surface area contributed by atoms with E-state index in [1.165, 1.54) is 65.3 Å². The van der Waals surface area contributed by atoms with E-state index in [4.69, 9.17) is 0 Å². The molecule has 0 fully saturated rings. The average Bonchev–Trinajstić information content (AvgIpc) is 2.92. The van der Waals surface area contributed by atoms with Crippen molar-refractivity contribution in [1.82, 2.24) is 0 Å². The van der Waals surface area contributed by atoms with Crippen LogP contribution in [-0.4, -0.2) is 0 Å². The SMILES string of the molecule is c1ccc(-c2ccc3c(ccc4cc(-c5ccc6ccccc6c5)c5ccccc5c43)c2)cc1. The Morgan fingerprint density at radius 2 is 0.941 bits per heavy atom. The Hall–Kier alpha value is -4.42. The normalized spacial score (nSPS) is 11.5. The zero-order valence-corrected chi connectivity index (χ0v) is 18.7. The largest absolute Gasteiger partial charge is 0.0622 e. The van der Waals surface area contributed by atoms with Crippen molar-refractivity contribution in [3.63, 3.8) is 0 Å². The smallest absolute Gasteiger partial charge is 0.00264 e. The van der Waals surface area contributed by atoms with Crippen LogP contribution in [0.1, 0.15) is 0 Å². The van der Waals surface area contributed by atoms with Gasteiger partial charge < -0.3 is 0 Å². The quantitative estimate of drug-likeness (QED) is 0.239. The Morgan fingerprint density at radius 1 is 0.294 bits per heavy atom. The molecule has 0 nitrogen and oxygen atoms in total. The molecule has 0 aliphatic heterocycles. The highest BCUT2D eigenvalue weighted by atomic mass is 14.2. The van der Waals surface area contributed by atoms with Crippen LogP contribution in [0, 0.1) is 0 Å². The third-order valence-corrected chi connectivity index (χ3v) is 7.01. The third kappa shape index (κ3) is 3.00. The summed E-state index contributed by atoms with van der Waals surface area (Å²) in [5.41, 5.74) is 5.05. The molecule has 158 valence electrons. The van der Waals surface area contributed by atoms with E-state index in [2.05, 4.69) is 133 Å². The Bertz CT molecular complexity index is 1840. The molecule has 7 aromatic rings. The van der Waals surface area contributed by atoms with E-state index in [0.29, 0.717) is 0 Å². The first-order valence-electron chi connectivity index (χ1n) is 11.8. The predicted octanol–water partition coefficient (Wildman–Crippen LogP) is 9.63. The van der Waals surface area contributed by atoms with Crippen molar-refractivity contribution < 1.29 is 0 Å². The van der Waals surface area contributed by atoms with Crippen molar-refractivity contribution in [3.05, 3.63) is 133 Å². The first-order chi connectivity index (χ1) is 16.8. The van der Waals surface area contributed by atoms with Crippen LogP contribution in [0.3, 0.4) is 0 Å². The molecule has 0 aromatic heterocycles. The first-order valence-corrected chi connectivity index (χ1v) is 11.8. The monoisotopic (exact) mass is 430 g/mol. The molecule has 7 aromatic carbocycles. The van der Waals surface area contributed by atoms with Crippen molar-refractivity contribution in [2.45, 2.75) is 0 Å². The summed E-state index contributed by atoms with van der Waals surface area (Å²) in [7, 11) is 0. The van der Waals surface area contributed by atoms with Gasteiger partial charge in [0.25, 0.3) is 0 Å². The van der Waals surface area contributed by atoms with E-state index in [1.54, 1.807) is 0 Å². The summed E-state index contributed by atoms with van der Waals surface area (Å²) in [5, 5.41) is 10.3. The second-order valence-corrected chi connectivity index (χ2v) is 9.00. The molecule has 0 atom stereocenters. The van der Waals surface area contributed by atoms with Crippen LogP contribution in [-0.2, 0) is 0 Å². The highest BCUT2D eigenvalue weighted by molar-refractivity contribution is 6.23. The zero-order valence-electron chi connectivity index (χ0n) is 18.7. The van der Waals surface area contributed by atoms with E-state index in [-0.39, 0.29) is 0 Å². The maximum absolute atomic E-state index is 2.37. The van der Waals surface area contributed by atoms with Gasteiger partial charge in [-0.25, -0.2) is 0 Å². The number of benzene rings is 7. The van der Waals surface area contributed by atoms with Gasteiger partial charge in [0.15, 0.2) is 0 Å². The molecule has 0 N–H and O–H groups in total. The van der Waals surface area contributed by atoms with Gasteiger partial charge in [0.1, 0.15) is 0 Å². The van der Waals surface area contributed by atoms with Crippen molar-refractivity contribution in [2.24, 2.45) is 0 Å². The van der Waals surface area contributed by atoms with Gasteiger partial charge in [0.05, 0.1) is 0 Å². The number of hydrogen-bond acceptors (Lipinski definition) is 0. The van der Waals surface area contributed by atoms with E-state index in [0.717, 1.165) is 0 Å². The summed E-state index contributed by atoms with van der Waals surface area (Å²) in [6.45, 7) is 0. The second kappa shape index (κ2) is 7.57. The van der Waals surface area contributed by atoms with Gasteiger partial charge in [-0.2, -0.15) is 0 Å². The summed E-state index contributed by atoms with van der Waals surface area (Å²) in [6.07, 6.45) is 0. The summed E-state index contributed by atoms with van der Waals surface area (Å²) in [4.78, 5) is 0. The van der Waals surface area contributed by atoms with Crippen molar-refractivity contribution in [2.75, 3.05) is 0 Å². The highest BCUT2D eigenvalue weighted by Crippen LogP contribution is 2.39. The minimum Gasteiger partial charge on any atom is -0.0622 e. The maximum atomic E-state index is 2.37. The van der Waals surface area contributed by atoms with E-state index in [1.807, 2.05) is 0 Å². The van der Waals surface area contributed by atoms with Gasteiger partial charge in [0.2, 0.25) is 0 Å². The molecule has 0 unspecified atom stereocenters. The minimum atomic E-state index is 1.25. The topological polar surface area (TPSA) is 0 Å². The van der Waals surface area contributed by atoms with Crippen LogP contribution >= 0.6 is 0 Å². The van der Waals surface area contributed by atoms with Crippen LogP contribution in [0.25, 0.3) is 65.3 Å². The van der Waals surface area contributed by atoms with E-state index < -0.39 is 0 Å². The van der Waals surface area contributed by atoms with Crippen LogP contribution in [0.4, 0.5) is 0 Å². The van der Waals surface area contributed by atoms with Crippen LogP contribution in [0.2, 0.25) is 0 Å². The maximum Gasteiger partial charge on any atom is -0.00264 e. The van der Waals surface area contributed by atoms with Gasteiger partial charge in [0, 0.05) is 0 Å². The molecule has 0 spiro atoms. The van der Waals surface area contributed by atoms with Gasteiger partial charge >= 0.3 is 0 Å². The lowest BCUT2D eigenvalue weighted by Gasteiger charge is -2.14. The van der Waals surface area contributed by atoms with E-state index >= 15 is 0 Å². The molecule has 0 saturated carbocycles. The van der Waals surface area contributed by atoms with Gasteiger partial charge in [-0.1, -0.05) is 115 Å². The fourth-order valence-electron chi connectivity index (χ4n) is 5.34. The van der Waals surface area contributed by atoms with E-state index in [9.17, 15) is 0 Å². The molecule has 0 amide bonds. The number of fused-ring (bicyclic) bond motifs is 6. The predicted molar refractivity (Wildman–Crippen MR) is 147 cm³/mol. The van der Waals surface area contributed by atoms with Crippen molar-refractivity contribution in [3.8, 4) is 22.3 Å². The fraction of sp³-hybridized carbons (Fsp3) is 0. The Kier molecular flexibility index (Phi) is 4.25. The molecule has 34 heavy (non-hydrogen) atoms. The Labute approximate surface area is 198 Å². The van der Waals surface area contributed by atoms with Crippen LogP contribution in [0.5, 0.6) is 0 Å².